The van der Waals surface area contributed by atoms with Crippen LogP contribution in [0.25, 0.3) is 0 Å². The third-order valence-electron chi connectivity index (χ3n) is 8.07. The molecule has 0 spiro atoms. The Morgan fingerprint density at radius 3 is 2.70 bits per heavy atom. The topological polar surface area (TPSA) is 88.5 Å². The Morgan fingerprint density at radius 2 is 1.98 bits per heavy atom. The quantitative estimate of drug-likeness (QED) is 0.270. The van der Waals surface area contributed by atoms with Gasteiger partial charge in [-0.15, -0.1) is 0 Å². The fourth-order valence-electron chi connectivity index (χ4n) is 5.83. The summed E-state index contributed by atoms with van der Waals surface area (Å²) < 4.78 is 91.8. The van der Waals surface area contributed by atoms with Gasteiger partial charge < -0.3 is 19.5 Å². The van der Waals surface area contributed by atoms with Gasteiger partial charge in [0, 0.05) is 56.2 Å². The number of carbonyl (C=O) groups excluding carboxylic acids is 2. The second kappa shape index (κ2) is 12.5. The highest BCUT2D eigenvalue weighted by atomic mass is 19.4. The minimum atomic E-state index is -4.61. The van der Waals surface area contributed by atoms with Gasteiger partial charge in [-0.2, -0.15) is 13.2 Å². The summed E-state index contributed by atoms with van der Waals surface area (Å²) >= 11 is 0. The van der Waals surface area contributed by atoms with Crippen LogP contribution in [0.15, 0.2) is 48.8 Å². The van der Waals surface area contributed by atoms with E-state index in [0.717, 1.165) is 24.3 Å². The molecule has 236 valence electrons. The summed E-state index contributed by atoms with van der Waals surface area (Å²) in [6.07, 6.45) is -0.684. The number of carbonyl (C=O) groups is 2. The number of hydrogen-bond donors (Lipinski definition) is 2. The summed E-state index contributed by atoms with van der Waals surface area (Å²) in [7, 11) is 0. The molecule has 3 aromatic rings. The Hall–Kier alpha value is -4.07. The molecule has 2 fully saturated rings. The summed E-state index contributed by atoms with van der Waals surface area (Å²) in [5, 5.41) is 5.19. The first-order valence-electron chi connectivity index (χ1n) is 14.2. The van der Waals surface area contributed by atoms with Crippen LogP contribution in [0.5, 0.6) is 0 Å². The number of hydrogen-bond acceptors (Lipinski definition) is 6. The van der Waals surface area contributed by atoms with Gasteiger partial charge in [-0.3, -0.25) is 14.9 Å². The van der Waals surface area contributed by atoms with Crippen molar-refractivity contribution < 1.29 is 40.7 Å². The van der Waals surface area contributed by atoms with E-state index in [0.29, 0.717) is 31.0 Å². The molecule has 2 saturated heterocycles. The lowest BCUT2D eigenvalue weighted by molar-refractivity contribution is -0.148. The van der Waals surface area contributed by atoms with Crippen LogP contribution in [-0.4, -0.2) is 59.9 Å². The molecule has 1 amide bonds. The molecular weight excluding hydrogens is 592 g/mol. The zero-order valence-corrected chi connectivity index (χ0v) is 23.8. The first kappa shape index (κ1) is 31.4. The Labute approximate surface area is 249 Å². The monoisotopic (exact) mass is 623 g/mol. The Morgan fingerprint density at radius 1 is 1.18 bits per heavy atom. The van der Waals surface area contributed by atoms with E-state index in [2.05, 4.69) is 15.6 Å². The highest BCUT2D eigenvalue weighted by molar-refractivity contribution is 5.97. The number of nitrogens with one attached hydrogen (secondary N) is 2. The van der Waals surface area contributed by atoms with E-state index < -0.39 is 59.3 Å². The molecule has 2 aromatic carbocycles. The average molecular weight is 624 g/mol. The van der Waals surface area contributed by atoms with Gasteiger partial charge in [0.25, 0.3) is 5.91 Å². The van der Waals surface area contributed by atoms with Crippen LogP contribution in [0, 0.1) is 17.6 Å². The van der Waals surface area contributed by atoms with Gasteiger partial charge in [-0.1, -0.05) is 12.1 Å². The number of benzene rings is 2. The zero-order chi connectivity index (χ0) is 31.6. The molecule has 0 aliphatic carbocycles. The molecule has 44 heavy (non-hydrogen) atoms. The van der Waals surface area contributed by atoms with Crippen molar-refractivity contribution in [2.75, 3.05) is 43.0 Å². The minimum absolute atomic E-state index is 0.0444. The Balaban J connectivity index is 1.40. The molecule has 1 aromatic heterocycles. The van der Waals surface area contributed by atoms with Crippen molar-refractivity contribution in [3.8, 4) is 0 Å². The van der Waals surface area contributed by atoms with Crippen LogP contribution in [0.3, 0.4) is 0 Å². The number of esters is 1. The van der Waals surface area contributed by atoms with Gasteiger partial charge in [0.2, 0.25) is 11.6 Å². The maximum atomic E-state index is 16.2. The number of anilines is 2. The van der Waals surface area contributed by atoms with Crippen molar-refractivity contribution in [1.82, 2.24) is 14.9 Å². The van der Waals surface area contributed by atoms with Gasteiger partial charge in [0.1, 0.15) is 11.6 Å². The second-order valence-corrected chi connectivity index (χ2v) is 10.9. The van der Waals surface area contributed by atoms with Gasteiger partial charge in [-0.25, -0.2) is 18.2 Å². The van der Waals surface area contributed by atoms with E-state index in [1.807, 2.05) is 0 Å². The van der Waals surface area contributed by atoms with Crippen LogP contribution in [0.4, 0.5) is 38.0 Å². The number of rotatable bonds is 8. The van der Waals surface area contributed by atoms with Crippen LogP contribution in [0.2, 0.25) is 0 Å². The molecule has 8 nitrogen and oxygen atoms in total. The molecule has 0 saturated carbocycles. The standard InChI is InChI=1S/C30H31F6N5O3/c1-2-44-26(42)19-4-3-10-40(16-19)25-12-20(30(34,35)36)6-5-18(25)15-41-11-9-38-28(41)39-27(43)29(33)17-37-14-23(29)22-8-7-21(31)13-24(22)32/h5-9,11-13,19,23,37H,2-4,10,14-17H2,1H3,(H,38,39,43)/t19-,23+,29+/m1/s1. The lowest BCUT2D eigenvalue weighted by Crippen LogP contribution is -2.45. The second-order valence-electron chi connectivity index (χ2n) is 10.9. The Bertz CT molecular complexity index is 1530. The van der Waals surface area contributed by atoms with Gasteiger partial charge in [0.15, 0.2) is 0 Å². The molecule has 0 unspecified atom stereocenters. The molecule has 3 atom stereocenters. The number of ether oxygens (including phenoxy) is 1. The Kier molecular flexibility index (Phi) is 8.91. The highest BCUT2D eigenvalue weighted by Gasteiger charge is 2.51. The van der Waals surface area contributed by atoms with Crippen molar-refractivity contribution in [2.24, 2.45) is 5.92 Å². The predicted molar refractivity (Wildman–Crippen MR) is 149 cm³/mol. The first-order chi connectivity index (χ1) is 20.9. The summed E-state index contributed by atoms with van der Waals surface area (Å²) in [6, 6.07) is 6.01. The molecule has 3 heterocycles. The van der Waals surface area contributed by atoms with Crippen LogP contribution < -0.4 is 15.5 Å². The minimum Gasteiger partial charge on any atom is -0.466 e. The molecule has 0 bridgehead atoms. The number of aromatic nitrogens is 2. The zero-order valence-electron chi connectivity index (χ0n) is 23.8. The first-order valence-corrected chi connectivity index (χ1v) is 14.2. The largest absolute Gasteiger partial charge is 0.466 e. The van der Waals surface area contributed by atoms with Gasteiger partial charge >= 0.3 is 12.1 Å². The number of halogens is 6. The molecule has 5 rings (SSSR count). The van der Waals surface area contributed by atoms with Crippen molar-refractivity contribution in [3.63, 3.8) is 0 Å². The molecular formula is C30H31F6N5O3. The van der Waals surface area contributed by atoms with E-state index in [1.165, 1.54) is 23.0 Å². The summed E-state index contributed by atoms with van der Waals surface area (Å²) in [6.45, 7) is 1.90. The van der Waals surface area contributed by atoms with E-state index in [-0.39, 0.29) is 43.4 Å². The highest BCUT2D eigenvalue weighted by Crippen LogP contribution is 2.38. The predicted octanol–water partition coefficient (Wildman–Crippen LogP) is 5.04. The van der Waals surface area contributed by atoms with E-state index >= 15 is 4.39 Å². The summed E-state index contributed by atoms with van der Waals surface area (Å²) in [5.74, 6) is -5.17. The van der Waals surface area contributed by atoms with Crippen molar-refractivity contribution in [3.05, 3.63) is 77.1 Å². The van der Waals surface area contributed by atoms with Gasteiger partial charge in [0.05, 0.1) is 24.6 Å². The lowest BCUT2D eigenvalue weighted by Gasteiger charge is -2.35. The maximum absolute atomic E-state index is 16.2. The molecule has 2 aliphatic heterocycles. The maximum Gasteiger partial charge on any atom is 0.416 e. The number of piperidine rings is 1. The fourth-order valence-corrected chi connectivity index (χ4v) is 5.83. The van der Waals surface area contributed by atoms with Crippen molar-refractivity contribution in [1.29, 1.82) is 0 Å². The van der Waals surface area contributed by atoms with E-state index in [9.17, 15) is 31.5 Å². The molecule has 14 heteroatoms. The normalized spacial score (nSPS) is 22.2. The molecule has 2 aliphatic rings. The van der Waals surface area contributed by atoms with Crippen LogP contribution >= 0.6 is 0 Å². The lowest BCUT2D eigenvalue weighted by atomic mass is 9.85. The smallest absolute Gasteiger partial charge is 0.416 e. The van der Waals surface area contributed by atoms with Crippen LogP contribution in [-0.2, 0) is 27.0 Å². The van der Waals surface area contributed by atoms with Gasteiger partial charge in [-0.05, 0) is 49.1 Å². The number of nitrogens with zero attached hydrogens (tertiary/aromatic N) is 3. The average Bonchev–Trinajstić information content (AvgIpc) is 3.59. The summed E-state index contributed by atoms with van der Waals surface area (Å²) in [5.41, 5.74) is -2.92. The van der Waals surface area contributed by atoms with E-state index in [1.54, 1.807) is 11.8 Å². The fraction of sp³-hybridized carbons (Fsp3) is 0.433. The van der Waals surface area contributed by atoms with E-state index in [4.69, 9.17) is 4.74 Å². The van der Waals surface area contributed by atoms with Crippen LogP contribution in [0.1, 0.15) is 42.4 Å². The number of imidazole rings is 1. The van der Waals surface area contributed by atoms with Crippen molar-refractivity contribution in [2.45, 2.75) is 44.1 Å². The SMILES string of the molecule is CCOC(=O)[C@@H]1CCCN(c2cc(C(F)(F)F)ccc2Cn2ccnc2NC(=O)[C@]2(F)CNC[C@H]2c2ccc(F)cc2F)C1. The molecule has 2 N–H and O–H groups in total. The third kappa shape index (κ3) is 6.40. The van der Waals surface area contributed by atoms with Crippen molar-refractivity contribution >= 4 is 23.5 Å². The third-order valence-corrected chi connectivity index (χ3v) is 8.07. The molecule has 0 radical (unpaired) electrons. The summed E-state index contributed by atoms with van der Waals surface area (Å²) in [4.78, 5) is 31.5. The number of amides is 1. The number of alkyl halides is 4.